The molecule has 0 unspecified atom stereocenters. The van der Waals surface area contributed by atoms with Crippen molar-refractivity contribution in [3.63, 3.8) is 0 Å². The summed E-state index contributed by atoms with van der Waals surface area (Å²) in [4.78, 5) is 11.4. The van der Waals surface area contributed by atoms with Gasteiger partial charge in [0.05, 0.1) is 10.2 Å². The summed E-state index contributed by atoms with van der Waals surface area (Å²) in [5, 5.41) is 9.66. The van der Waals surface area contributed by atoms with E-state index >= 15 is 0 Å². The maximum atomic E-state index is 11.4. The van der Waals surface area contributed by atoms with Gasteiger partial charge in [0.1, 0.15) is 11.3 Å². The number of halogens is 2. The Morgan fingerprint density at radius 3 is 2.57 bits per heavy atom. The van der Waals surface area contributed by atoms with Crippen LogP contribution in [0.3, 0.4) is 0 Å². The van der Waals surface area contributed by atoms with E-state index in [2.05, 4.69) is 0 Å². The summed E-state index contributed by atoms with van der Waals surface area (Å²) in [6.07, 6.45) is 0. The van der Waals surface area contributed by atoms with Gasteiger partial charge >= 0.3 is 5.97 Å². The predicted molar refractivity (Wildman–Crippen MR) is 69.5 cm³/mol. The molecule has 0 fully saturated rings. The number of esters is 1. The van der Waals surface area contributed by atoms with E-state index in [1.807, 2.05) is 45.2 Å². The fraction of sp³-hybridized carbons (Fsp3) is 0.222. The molecule has 14 heavy (non-hydrogen) atoms. The highest BCUT2D eigenvalue weighted by molar-refractivity contribution is 14.1. The first-order chi connectivity index (χ1) is 6.57. The van der Waals surface area contributed by atoms with Gasteiger partial charge in [-0.2, -0.15) is 0 Å². The van der Waals surface area contributed by atoms with Crippen LogP contribution in [0.1, 0.15) is 17.3 Å². The topological polar surface area (TPSA) is 46.5 Å². The molecule has 0 atom stereocenters. The third-order valence-corrected chi connectivity index (χ3v) is 3.33. The second-order valence-corrected chi connectivity index (χ2v) is 4.80. The monoisotopic (exact) mass is 418 g/mol. The van der Waals surface area contributed by atoms with E-state index < -0.39 is 5.97 Å². The van der Waals surface area contributed by atoms with E-state index in [0.29, 0.717) is 13.7 Å². The van der Waals surface area contributed by atoms with Crippen molar-refractivity contribution in [1.82, 2.24) is 0 Å². The van der Waals surface area contributed by atoms with Crippen molar-refractivity contribution in [2.24, 2.45) is 0 Å². The van der Waals surface area contributed by atoms with Crippen molar-refractivity contribution in [2.45, 2.75) is 6.92 Å². The molecule has 3 nitrogen and oxygen atoms in total. The van der Waals surface area contributed by atoms with Gasteiger partial charge in [-0.1, -0.05) is 0 Å². The van der Waals surface area contributed by atoms with Crippen molar-refractivity contribution in [3.05, 3.63) is 24.8 Å². The molecule has 0 heterocycles. The Kier molecular flexibility index (Phi) is 4.42. The molecule has 0 spiro atoms. The van der Waals surface area contributed by atoms with Crippen LogP contribution in [-0.4, -0.2) is 17.7 Å². The highest BCUT2D eigenvalue weighted by Gasteiger charge is 2.18. The van der Waals surface area contributed by atoms with Crippen molar-refractivity contribution >= 4 is 51.2 Å². The summed E-state index contributed by atoms with van der Waals surface area (Å²) in [6.45, 7) is 2.04. The Morgan fingerprint density at radius 2 is 2.00 bits per heavy atom. The van der Waals surface area contributed by atoms with Gasteiger partial charge in [0.15, 0.2) is 0 Å². The summed E-state index contributed by atoms with van der Waals surface area (Å²) >= 11 is 3.96. The average Bonchev–Trinajstić information content (AvgIpc) is 2.13. The van der Waals surface area contributed by atoms with Crippen LogP contribution in [0.5, 0.6) is 5.75 Å². The maximum Gasteiger partial charge on any atom is 0.343 e. The van der Waals surface area contributed by atoms with Crippen molar-refractivity contribution in [3.8, 4) is 5.75 Å². The molecule has 1 rings (SSSR count). The largest absolute Gasteiger partial charge is 0.506 e. The molecular weight excluding hydrogens is 410 g/mol. The van der Waals surface area contributed by atoms with Crippen LogP contribution in [0, 0.1) is 7.14 Å². The number of aromatic hydroxyl groups is 1. The van der Waals surface area contributed by atoms with E-state index in [4.69, 9.17) is 4.74 Å². The maximum absolute atomic E-state index is 11.4. The van der Waals surface area contributed by atoms with Gasteiger partial charge in [0.2, 0.25) is 0 Å². The van der Waals surface area contributed by atoms with E-state index in [1.54, 1.807) is 19.1 Å². The first-order valence-electron chi connectivity index (χ1n) is 3.92. The van der Waals surface area contributed by atoms with E-state index in [9.17, 15) is 9.90 Å². The quantitative estimate of drug-likeness (QED) is 0.594. The number of rotatable bonds is 2. The molecule has 0 saturated carbocycles. The lowest BCUT2D eigenvalue weighted by Crippen LogP contribution is -2.07. The van der Waals surface area contributed by atoms with Crippen LogP contribution in [0.2, 0.25) is 0 Å². The number of phenolic OH excluding ortho intramolecular Hbond substituents is 1. The lowest BCUT2D eigenvalue weighted by atomic mass is 10.2. The minimum absolute atomic E-state index is 0.00375. The van der Waals surface area contributed by atoms with Gasteiger partial charge in [-0.3, -0.25) is 0 Å². The molecule has 0 radical (unpaired) electrons. The zero-order chi connectivity index (χ0) is 10.7. The highest BCUT2D eigenvalue weighted by Crippen LogP contribution is 2.28. The van der Waals surface area contributed by atoms with E-state index in [1.165, 1.54) is 0 Å². The van der Waals surface area contributed by atoms with Crippen LogP contribution in [-0.2, 0) is 4.74 Å². The molecule has 0 aromatic heterocycles. The molecular formula is C9H8I2O3. The predicted octanol–water partition coefficient (Wildman–Crippen LogP) is 2.78. The van der Waals surface area contributed by atoms with E-state index in [-0.39, 0.29) is 11.3 Å². The van der Waals surface area contributed by atoms with Crippen LogP contribution >= 0.6 is 45.2 Å². The van der Waals surface area contributed by atoms with Gasteiger partial charge in [0.25, 0.3) is 0 Å². The normalized spacial score (nSPS) is 9.93. The minimum Gasteiger partial charge on any atom is -0.506 e. The molecule has 0 aliphatic carbocycles. The molecule has 5 heteroatoms. The number of phenols is 1. The smallest absolute Gasteiger partial charge is 0.343 e. The van der Waals surface area contributed by atoms with Gasteiger partial charge in [-0.05, 0) is 64.2 Å². The fourth-order valence-electron chi connectivity index (χ4n) is 0.939. The van der Waals surface area contributed by atoms with Crippen molar-refractivity contribution in [2.75, 3.05) is 6.61 Å². The second-order valence-electron chi connectivity index (χ2n) is 2.47. The zero-order valence-electron chi connectivity index (χ0n) is 7.38. The molecule has 76 valence electrons. The third kappa shape index (κ3) is 2.50. The lowest BCUT2D eigenvalue weighted by molar-refractivity contribution is 0.0521. The molecule has 0 bridgehead atoms. The Labute approximate surface area is 109 Å². The van der Waals surface area contributed by atoms with Gasteiger partial charge in [-0.15, -0.1) is 0 Å². The standard InChI is InChI=1S/C9H8I2O3/c1-2-14-9(13)7-5(10)3-4-6(11)8(7)12/h3-4,12H,2H2,1H3. The molecule has 0 aliphatic heterocycles. The number of carbonyl (C=O) groups is 1. The molecule has 1 aromatic rings. The number of hydrogen-bond acceptors (Lipinski definition) is 3. The van der Waals surface area contributed by atoms with Gasteiger partial charge < -0.3 is 9.84 Å². The van der Waals surface area contributed by atoms with Crippen LogP contribution in [0.25, 0.3) is 0 Å². The number of carbonyl (C=O) groups excluding carboxylic acids is 1. The van der Waals surface area contributed by atoms with Crippen molar-refractivity contribution < 1.29 is 14.6 Å². The second kappa shape index (κ2) is 5.15. The molecule has 1 N–H and O–H groups in total. The Morgan fingerprint density at radius 1 is 1.43 bits per heavy atom. The third-order valence-electron chi connectivity index (χ3n) is 1.56. The minimum atomic E-state index is -0.479. The van der Waals surface area contributed by atoms with E-state index in [0.717, 1.165) is 0 Å². The van der Waals surface area contributed by atoms with Gasteiger partial charge in [0, 0.05) is 3.57 Å². The summed E-state index contributed by atoms with van der Waals surface area (Å²) in [6, 6.07) is 3.52. The average molecular weight is 418 g/mol. The number of benzene rings is 1. The van der Waals surface area contributed by atoms with Crippen molar-refractivity contribution in [1.29, 1.82) is 0 Å². The lowest BCUT2D eigenvalue weighted by Gasteiger charge is -2.07. The Balaban J connectivity index is 3.18. The Bertz CT molecular complexity index is 363. The van der Waals surface area contributed by atoms with Crippen LogP contribution in [0.15, 0.2) is 12.1 Å². The first kappa shape index (κ1) is 12.0. The first-order valence-corrected chi connectivity index (χ1v) is 6.07. The van der Waals surface area contributed by atoms with Crippen LogP contribution in [0.4, 0.5) is 0 Å². The molecule has 0 aliphatic rings. The summed E-state index contributed by atoms with van der Waals surface area (Å²) in [7, 11) is 0. The highest BCUT2D eigenvalue weighted by atomic mass is 127. The summed E-state index contributed by atoms with van der Waals surface area (Å²) < 4.78 is 6.18. The van der Waals surface area contributed by atoms with Gasteiger partial charge in [-0.25, -0.2) is 4.79 Å². The van der Waals surface area contributed by atoms with Crippen LogP contribution < -0.4 is 0 Å². The summed E-state index contributed by atoms with van der Waals surface area (Å²) in [5.41, 5.74) is 0.249. The molecule has 0 saturated heterocycles. The fourth-order valence-corrected chi connectivity index (χ4v) is 2.04. The SMILES string of the molecule is CCOC(=O)c1c(I)ccc(I)c1O. The summed E-state index contributed by atoms with van der Waals surface area (Å²) in [5.74, 6) is -0.483. The zero-order valence-corrected chi connectivity index (χ0v) is 11.7. The molecule has 1 aromatic carbocycles. The molecule has 0 amide bonds. The Hall–Kier alpha value is -0.0500. The number of hydrogen-bond donors (Lipinski definition) is 1. The number of ether oxygens (including phenoxy) is 1.